The lowest BCUT2D eigenvalue weighted by atomic mass is 9.90. The number of pyridine rings is 2. The summed E-state index contributed by atoms with van der Waals surface area (Å²) in [4.78, 5) is 38.5. The van der Waals surface area contributed by atoms with Gasteiger partial charge in [0.2, 0.25) is 5.88 Å². The van der Waals surface area contributed by atoms with Crippen LogP contribution in [0.1, 0.15) is 12.8 Å². The van der Waals surface area contributed by atoms with E-state index in [0.29, 0.717) is 37.2 Å². The molecule has 35 heavy (non-hydrogen) atoms. The summed E-state index contributed by atoms with van der Waals surface area (Å²) in [5, 5.41) is 11.3. The number of ether oxygens (including phenoxy) is 2. The van der Waals surface area contributed by atoms with Gasteiger partial charge in [0.15, 0.2) is 11.9 Å². The summed E-state index contributed by atoms with van der Waals surface area (Å²) in [5.74, 6) is 1.02. The third-order valence-electron chi connectivity index (χ3n) is 6.02. The van der Waals surface area contributed by atoms with Crippen LogP contribution in [0.15, 0.2) is 48.1 Å². The highest BCUT2D eigenvalue weighted by atomic mass is 32.1. The van der Waals surface area contributed by atoms with E-state index in [4.69, 9.17) is 9.47 Å². The number of nitrogens with zero attached hydrogens (tertiary/aromatic N) is 3. The molecule has 0 bridgehead atoms. The summed E-state index contributed by atoms with van der Waals surface area (Å²) in [7, 11) is 0. The highest BCUT2D eigenvalue weighted by Crippen LogP contribution is 2.27. The van der Waals surface area contributed by atoms with E-state index < -0.39 is 12.1 Å². The molecule has 3 aromatic rings. The Bertz CT molecular complexity index is 1160. The number of nitrogens with one attached hydrogen (secondary N) is 3. The summed E-state index contributed by atoms with van der Waals surface area (Å²) in [5.41, 5.74) is 0.927. The smallest absolute Gasteiger partial charge is 0.326 e. The van der Waals surface area contributed by atoms with Gasteiger partial charge in [-0.2, -0.15) is 4.98 Å². The normalized spacial score (nSPS) is 20.3. The third-order valence-corrected chi connectivity index (χ3v) is 6.92. The van der Waals surface area contributed by atoms with Gasteiger partial charge in [-0.25, -0.2) is 9.78 Å². The number of carbonyl (C=O) groups is 2. The molecule has 2 aliphatic rings. The highest BCUT2D eigenvalue weighted by molar-refractivity contribution is 7.13. The lowest BCUT2D eigenvalue weighted by Crippen LogP contribution is -2.40. The topological polar surface area (TPSA) is 127 Å². The van der Waals surface area contributed by atoms with Gasteiger partial charge in [0, 0.05) is 54.4 Å². The molecule has 11 heteroatoms. The van der Waals surface area contributed by atoms with Crippen molar-refractivity contribution < 1.29 is 19.1 Å². The zero-order chi connectivity index (χ0) is 24.0. The number of Topliss-reactive ketones (excluding diaryl/α,β-unsaturated/α-hetero) is 1. The van der Waals surface area contributed by atoms with Gasteiger partial charge in [-0.1, -0.05) is 6.07 Å². The van der Waals surface area contributed by atoms with E-state index in [2.05, 4.69) is 30.9 Å². The first kappa shape index (κ1) is 23.3. The molecular formula is C24H26N6O4S. The van der Waals surface area contributed by atoms with Crippen molar-refractivity contribution in [2.75, 3.05) is 36.9 Å². The van der Waals surface area contributed by atoms with Crippen molar-refractivity contribution in [3.63, 3.8) is 0 Å². The van der Waals surface area contributed by atoms with E-state index in [1.165, 1.54) is 11.3 Å². The molecule has 2 amide bonds. The van der Waals surface area contributed by atoms with Crippen molar-refractivity contribution in [1.29, 1.82) is 0 Å². The van der Waals surface area contributed by atoms with E-state index in [1.54, 1.807) is 36.0 Å². The van der Waals surface area contributed by atoms with Crippen LogP contribution in [0.2, 0.25) is 0 Å². The Labute approximate surface area is 206 Å². The number of hydrogen-bond acceptors (Lipinski definition) is 9. The molecule has 2 aliphatic heterocycles. The van der Waals surface area contributed by atoms with Crippen LogP contribution in [0, 0.1) is 11.8 Å². The summed E-state index contributed by atoms with van der Waals surface area (Å²) in [6.45, 7) is 2.61. The zero-order valence-corrected chi connectivity index (χ0v) is 19.8. The monoisotopic (exact) mass is 494 g/mol. The predicted molar refractivity (Wildman–Crippen MR) is 132 cm³/mol. The van der Waals surface area contributed by atoms with Gasteiger partial charge in [-0.05, 0) is 37.6 Å². The van der Waals surface area contributed by atoms with E-state index in [0.717, 1.165) is 30.1 Å². The fraction of sp³-hybridized carbons (Fsp3) is 0.375. The first-order valence-corrected chi connectivity index (χ1v) is 12.4. The minimum absolute atomic E-state index is 0.0580. The van der Waals surface area contributed by atoms with Crippen LogP contribution < -0.4 is 20.7 Å². The lowest BCUT2D eigenvalue weighted by molar-refractivity contribution is -0.132. The van der Waals surface area contributed by atoms with Crippen molar-refractivity contribution >= 4 is 34.8 Å². The van der Waals surface area contributed by atoms with Gasteiger partial charge in [0.1, 0.15) is 16.6 Å². The van der Waals surface area contributed by atoms with Gasteiger partial charge in [-0.3, -0.25) is 20.4 Å². The first-order valence-electron chi connectivity index (χ1n) is 11.6. The summed E-state index contributed by atoms with van der Waals surface area (Å²) in [6.07, 6.45) is 4.36. The number of aromatic nitrogens is 3. The Morgan fingerprint density at radius 3 is 2.74 bits per heavy atom. The molecule has 182 valence electrons. The number of rotatable bonds is 8. The van der Waals surface area contributed by atoms with Crippen molar-refractivity contribution in [3.8, 4) is 16.5 Å². The average Bonchev–Trinajstić information content (AvgIpc) is 3.66. The van der Waals surface area contributed by atoms with E-state index in [1.807, 2.05) is 12.1 Å². The molecular weight excluding hydrogens is 468 g/mol. The van der Waals surface area contributed by atoms with Crippen LogP contribution >= 0.6 is 11.3 Å². The maximum atomic E-state index is 13.2. The molecule has 0 aliphatic carbocycles. The van der Waals surface area contributed by atoms with Crippen LogP contribution in [0.25, 0.3) is 10.6 Å². The number of urea groups is 1. The number of ketones is 1. The molecule has 3 unspecified atom stereocenters. The molecule has 5 rings (SSSR count). The van der Waals surface area contributed by atoms with E-state index in [-0.39, 0.29) is 17.6 Å². The zero-order valence-electron chi connectivity index (χ0n) is 19.0. The third kappa shape index (κ3) is 5.81. The first-order chi connectivity index (χ1) is 17.2. The highest BCUT2D eigenvalue weighted by Gasteiger charge is 2.38. The standard InChI is InChI=1S/C24H26N6O4S/c31-21(17-7-11-33-13-17)22(16-6-10-26-12-16)34-20-3-1-2-18(27-20)29-24(32)30-19-14-35-23(28-19)15-4-8-25-9-5-15/h1-5,8-9,14,16-17,22,26H,6-7,10-13H2,(H2,27,29,30,32). The quantitative estimate of drug-likeness (QED) is 0.436. The largest absolute Gasteiger partial charge is 0.466 e. The number of amides is 2. The average molecular weight is 495 g/mol. The molecule has 2 saturated heterocycles. The van der Waals surface area contributed by atoms with Crippen LogP contribution in [-0.2, 0) is 9.53 Å². The van der Waals surface area contributed by atoms with Gasteiger partial charge in [0.05, 0.1) is 6.61 Å². The molecule has 0 aromatic carbocycles. The Kier molecular flexibility index (Phi) is 7.26. The SMILES string of the molecule is O=C(Nc1cccc(OC(C(=O)C2CCOC2)C2CCNC2)n1)Nc1csc(-c2ccncc2)n1. The van der Waals surface area contributed by atoms with Crippen molar-refractivity contribution in [2.24, 2.45) is 11.8 Å². The Morgan fingerprint density at radius 2 is 1.97 bits per heavy atom. The van der Waals surface area contributed by atoms with Crippen molar-refractivity contribution in [3.05, 3.63) is 48.1 Å². The molecule has 3 atom stereocenters. The number of thiazole rings is 1. The second-order valence-electron chi connectivity index (χ2n) is 8.47. The number of hydrogen-bond donors (Lipinski definition) is 3. The Hall–Kier alpha value is -3.41. The predicted octanol–water partition coefficient (Wildman–Crippen LogP) is 3.21. The number of carbonyl (C=O) groups excluding carboxylic acids is 2. The molecule has 0 saturated carbocycles. The Morgan fingerprint density at radius 1 is 1.11 bits per heavy atom. The summed E-state index contributed by atoms with van der Waals surface area (Å²) >= 11 is 1.42. The minimum Gasteiger partial charge on any atom is -0.466 e. The minimum atomic E-state index is -0.602. The van der Waals surface area contributed by atoms with Crippen LogP contribution in [0.5, 0.6) is 5.88 Å². The summed E-state index contributed by atoms with van der Waals surface area (Å²) in [6, 6.07) is 8.33. The fourth-order valence-corrected chi connectivity index (χ4v) is 4.97. The lowest BCUT2D eigenvalue weighted by Gasteiger charge is -2.24. The van der Waals surface area contributed by atoms with Crippen LogP contribution in [0.3, 0.4) is 0 Å². The molecule has 3 aromatic heterocycles. The molecule has 5 heterocycles. The van der Waals surface area contributed by atoms with Gasteiger partial charge in [0.25, 0.3) is 0 Å². The second kappa shape index (κ2) is 10.9. The number of anilines is 2. The Balaban J connectivity index is 1.23. The van der Waals surface area contributed by atoms with Gasteiger partial charge < -0.3 is 14.8 Å². The van der Waals surface area contributed by atoms with Crippen LogP contribution in [0.4, 0.5) is 16.4 Å². The van der Waals surface area contributed by atoms with Crippen molar-refractivity contribution in [1.82, 2.24) is 20.3 Å². The van der Waals surface area contributed by atoms with Gasteiger partial charge >= 0.3 is 6.03 Å². The van der Waals surface area contributed by atoms with Gasteiger partial charge in [-0.15, -0.1) is 11.3 Å². The molecule has 0 spiro atoms. The van der Waals surface area contributed by atoms with Crippen LogP contribution in [-0.4, -0.2) is 59.2 Å². The molecule has 10 nitrogen and oxygen atoms in total. The molecule has 0 radical (unpaired) electrons. The summed E-state index contributed by atoms with van der Waals surface area (Å²) < 4.78 is 11.5. The fourth-order valence-electron chi connectivity index (χ4n) is 4.22. The second-order valence-corrected chi connectivity index (χ2v) is 9.33. The van der Waals surface area contributed by atoms with Crippen molar-refractivity contribution in [2.45, 2.75) is 18.9 Å². The molecule has 3 N–H and O–H groups in total. The maximum Gasteiger partial charge on any atom is 0.326 e. The molecule has 2 fully saturated rings. The van der Waals surface area contributed by atoms with E-state index >= 15 is 0 Å². The maximum absolute atomic E-state index is 13.2. The van der Waals surface area contributed by atoms with E-state index in [9.17, 15) is 9.59 Å².